The lowest BCUT2D eigenvalue weighted by atomic mass is 10.0. The van der Waals surface area contributed by atoms with E-state index in [4.69, 9.17) is 4.74 Å². The van der Waals surface area contributed by atoms with Gasteiger partial charge in [-0.3, -0.25) is 0 Å². The lowest BCUT2D eigenvalue weighted by molar-refractivity contribution is 0.0542. The second-order valence-electron chi connectivity index (χ2n) is 4.82. The summed E-state index contributed by atoms with van der Waals surface area (Å²) < 4.78 is 5.83. The summed E-state index contributed by atoms with van der Waals surface area (Å²) >= 11 is 0. The molecule has 0 saturated carbocycles. The first-order valence-electron chi connectivity index (χ1n) is 6.17. The molecule has 0 radical (unpaired) electrons. The maximum atomic E-state index is 5.83. The van der Waals surface area contributed by atoms with Gasteiger partial charge in [-0.2, -0.15) is 0 Å². The van der Waals surface area contributed by atoms with Crippen LogP contribution in [0, 0.1) is 0 Å². The van der Waals surface area contributed by atoms with Crippen molar-refractivity contribution in [2.24, 2.45) is 0 Å². The van der Waals surface area contributed by atoms with E-state index in [0.717, 1.165) is 26.1 Å². The highest BCUT2D eigenvalue weighted by Crippen LogP contribution is 2.16. The van der Waals surface area contributed by atoms with Crippen LogP contribution in [0.15, 0.2) is 24.3 Å². The molecule has 1 aromatic carbocycles. The van der Waals surface area contributed by atoms with Crippen molar-refractivity contribution in [1.82, 2.24) is 5.32 Å². The van der Waals surface area contributed by atoms with Gasteiger partial charge in [-0.1, -0.05) is 38.1 Å². The zero-order chi connectivity index (χ0) is 11.4. The van der Waals surface area contributed by atoms with Crippen molar-refractivity contribution in [1.29, 1.82) is 0 Å². The molecule has 0 spiro atoms. The number of hydrogen-bond acceptors (Lipinski definition) is 2. The van der Waals surface area contributed by atoms with Crippen LogP contribution < -0.4 is 5.32 Å². The van der Waals surface area contributed by atoms with Crippen LogP contribution in [0.2, 0.25) is 0 Å². The Balaban J connectivity index is 1.84. The Morgan fingerprint density at radius 3 is 2.62 bits per heavy atom. The maximum Gasteiger partial charge on any atom is 0.0721 e. The van der Waals surface area contributed by atoms with Crippen molar-refractivity contribution in [2.45, 2.75) is 38.9 Å². The number of benzene rings is 1. The Hall–Kier alpha value is -0.860. The molecule has 1 fully saturated rings. The molecular weight excluding hydrogens is 198 g/mol. The van der Waals surface area contributed by atoms with Crippen LogP contribution in [-0.4, -0.2) is 19.2 Å². The Morgan fingerprint density at radius 2 is 2.06 bits per heavy atom. The van der Waals surface area contributed by atoms with Gasteiger partial charge < -0.3 is 10.1 Å². The molecule has 2 rings (SSSR count). The molecule has 0 aromatic heterocycles. The third-order valence-corrected chi connectivity index (χ3v) is 3.15. The summed E-state index contributed by atoms with van der Waals surface area (Å²) in [6.45, 7) is 7.27. The lowest BCUT2D eigenvalue weighted by Crippen LogP contribution is -2.16. The normalized spacial score (nSPS) is 20.6. The summed E-state index contributed by atoms with van der Waals surface area (Å²) in [6.07, 6.45) is 1.55. The second-order valence-corrected chi connectivity index (χ2v) is 4.82. The minimum Gasteiger partial charge on any atom is -0.372 e. The van der Waals surface area contributed by atoms with E-state index >= 15 is 0 Å². The maximum absolute atomic E-state index is 5.83. The average molecular weight is 219 g/mol. The third-order valence-electron chi connectivity index (χ3n) is 3.15. The Kier molecular flexibility index (Phi) is 3.97. The smallest absolute Gasteiger partial charge is 0.0721 e. The van der Waals surface area contributed by atoms with Gasteiger partial charge in [0.25, 0.3) is 0 Å². The Bertz CT molecular complexity index is 312. The van der Waals surface area contributed by atoms with E-state index in [9.17, 15) is 0 Å². The largest absolute Gasteiger partial charge is 0.372 e. The summed E-state index contributed by atoms with van der Waals surface area (Å²) in [5.74, 6) is 0.606. The summed E-state index contributed by atoms with van der Waals surface area (Å²) in [6, 6.07) is 8.77. The van der Waals surface area contributed by atoms with E-state index in [-0.39, 0.29) is 0 Å². The van der Waals surface area contributed by atoms with Crippen molar-refractivity contribution in [3.63, 3.8) is 0 Å². The zero-order valence-corrected chi connectivity index (χ0v) is 10.2. The van der Waals surface area contributed by atoms with Crippen molar-refractivity contribution in [3.8, 4) is 0 Å². The molecule has 1 saturated heterocycles. The fourth-order valence-corrected chi connectivity index (χ4v) is 1.98. The Labute approximate surface area is 98.0 Å². The minimum atomic E-state index is 0.407. The van der Waals surface area contributed by atoms with Gasteiger partial charge in [0.15, 0.2) is 0 Å². The molecule has 1 aromatic rings. The van der Waals surface area contributed by atoms with Crippen molar-refractivity contribution >= 4 is 0 Å². The van der Waals surface area contributed by atoms with Crippen LogP contribution in [0.25, 0.3) is 0 Å². The highest BCUT2D eigenvalue weighted by molar-refractivity contribution is 5.24. The van der Waals surface area contributed by atoms with E-state index in [0.29, 0.717) is 12.0 Å². The molecule has 2 nitrogen and oxygen atoms in total. The van der Waals surface area contributed by atoms with Gasteiger partial charge in [-0.05, 0) is 30.0 Å². The molecule has 1 unspecified atom stereocenters. The highest BCUT2D eigenvalue weighted by Gasteiger charge is 2.14. The quantitative estimate of drug-likeness (QED) is 0.840. The van der Waals surface area contributed by atoms with Gasteiger partial charge in [0.1, 0.15) is 0 Å². The molecule has 0 amide bonds. The fourth-order valence-electron chi connectivity index (χ4n) is 1.98. The summed E-state index contributed by atoms with van der Waals surface area (Å²) in [5, 5.41) is 3.31. The minimum absolute atomic E-state index is 0.407. The molecule has 0 aliphatic carbocycles. The van der Waals surface area contributed by atoms with Gasteiger partial charge in [-0.25, -0.2) is 0 Å². The van der Waals surface area contributed by atoms with E-state index in [1.54, 1.807) is 0 Å². The van der Waals surface area contributed by atoms with E-state index in [1.807, 2.05) is 0 Å². The summed E-state index contributed by atoms with van der Waals surface area (Å²) in [5.41, 5.74) is 2.67. The third kappa shape index (κ3) is 3.06. The van der Waals surface area contributed by atoms with Crippen LogP contribution in [0.4, 0.5) is 0 Å². The van der Waals surface area contributed by atoms with Crippen LogP contribution in [0.3, 0.4) is 0 Å². The standard InChI is InChI=1S/C14H21NO/c1-11(2)13-5-3-12(4-6-13)10-16-14-7-8-15-9-14/h3-6,11,14-15H,7-10H2,1-2H3. The molecular formula is C14H21NO. The van der Waals surface area contributed by atoms with Crippen LogP contribution in [-0.2, 0) is 11.3 Å². The van der Waals surface area contributed by atoms with Gasteiger partial charge in [0.2, 0.25) is 0 Å². The predicted molar refractivity (Wildman–Crippen MR) is 66.6 cm³/mol. The number of rotatable bonds is 4. The highest BCUT2D eigenvalue weighted by atomic mass is 16.5. The molecule has 0 bridgehead atoms. The number of hydrogen-bond donors (Lipinski definition) is 1. The molecule has 16 heavy (non-hydrogen) atoms. The van der Waals surface area contributed by atoms with Crippen LogP contribution >= 0.6 is 0 Å². The van der Waals surface area contributed by atoms with Gasteiger partial charge in [0.05, 0.1) is 12.7 Å². The second kappa shape index (κ2) is 5.46. The van der Waals surface area contributed by atoms with Gasteiger partial charge >= 0.3 is 0 Å². The van der Waals surface area contributed by atoms with E-state index in [1.165, 1.54) is 11.1 Å². The zero-order valence-electron chi connectivity index (χ0n) is 10.2. The van der Waals surface area contributed by atoms with Crippen LogP contribution in [0.5, 0.6) is 0 Å². The van der Waals surface area contributed by atoms with Crippen molar-refractivity contribution in [2.75, 3.05) is 13.1 Å². The molecule has 1 N–H and O–H groups in total. The molecule has 88 valence electrons. The first-order chi connectivity index (χ1) is 7.75. The number of ether oxygens (including phenoxy) is 1. The molecule has 1 aliphatic rings. The average Bonchev–Trinajstić information content (AvgIpc) is 2.80. The monoisotopic (exact) mass is 219 g/mol. The SMILES string of the molecule is CC(C)c1ccc(COC2CCNC2)cc1. The fraction of sp³-hybridized carbons (Fsp3) is 0.571. The number of nitrogens with one attached hydrogen (secondary N) is 1. The Morgan fingerprint density at radius 1 is 1.31 bits per heavy atom. The van der Waals surface area contributed by atoms with Gasteiger partial charge in [-0.15, -0.1) is 0 Å². The first kappa shape index (κ1) is 11.6. The molecule has 1 heterocycles. The van der Waals surface area contributed by atoms with E-state index in [2.05, 4.69) is 43.4 Å². The molecule has 2 heteroatoms. The van der Waals surface area contributed by atoms with Gasteiger partial charge in [0, 0.05) is 6.54 Å². The van der Waals surface area contributed by atoms with Crippen LogP contribution in [0.1, 0.15) is 37.3 Å². The first-order valence-corrected chi connectivity index (χ1v) is 6.17. The molecule has 1 aliphatic heterocycles. The van der Waals surface area contributed by atoms with Crippen molar-refractivity contribution < 1.29 is 4.74 Å². The summed E-state index contributed by atoms with van der Waals surface area (Å²) in [7, 11) is 0. The topological polar surface area (TPSA) is 21.3 Å². The van der Waals surface area contributed by atoms with Crippen molar-refractivity contribution in [3.05, 3.63) is 35.4 Å². The predicted octanol–water partition coefficient (Wildman–Crippen LogP) is 2.69. The lowest BCUT2D eigenvalue weighted by Gasteiger charge is -2.11. The molecule has 1 atom stereocenters. The summed E-state index contributed by atoms with van der Waals surface area (Å²) in [4.78, 5) is 0. The van der Waals surface area contributed by atoms with E-state index < -0.39 is 0 Å².